The SMILES string of the molecule is CC(C)COCNC(C)C. The van der Waals surface area contributed by atoms with E-state index in [4.69, 9.17) is 4.74 Å². The predicted molar refractivity (Wildman–Crippen MR) is 43.9 cm³/mol. The molecule has 0 fully saturated rings. The molecule has 2 nitrogen and oxygen atoms in total. The minimum absolute atomic E-state index is 0.521. The third kappa shape index (κ3) is 7.92. The Hall–Kier alpha value is -0.0800. The Bertz CT molecular complexity index is 61.7. The van der Waals surface area contributed by atoms with E-state index >= 15 is 0 Å². The average Bonchev–Trinajstić information content (AvgIpc) is 1.79. The Morgan fingerprint density at radius 3 is 2.20 bits per heavy atom. The van der Waals surface area contributed by atoms with Gasteiger partial charge >= 0.3 is 0 Å². The van der Waals surface area contributed by atoms with Crippen LogP contribution in [-0.4, -0.2) is 19.4 Å². The summed E-state index contributed by atoms with van der Waals surface area (Å²) >= 11 is 0. The van der Waals surface area contributed by atoms with Crippen LogP contribution in [0.2, 0.25) is 0 Å². The van der Waals surface area contributed by atoms with Crippen LogP contribution in [0.5, 0.6) is 0 Å². The van der Waals surface area contributed by atoms with E-state index in [1.807, 2.05) is 0 Å². The highest BCUT2D eigenvalue weighted by Gasteiger charge is 1.93. The highest BCUT2D eigenvalue weighted by Crippen LogP contribution is 1.90. The van der Waals surface area contributed by atoms with Crippen molar-refractivity contribution in [3.8, 4) is 0 Å². The van der Waals surface area contributed by atoms with Gasteiger partial charge in [-0.15, -0.1) is 0 Å². The molecule has 10 heavy (non-hydrogen) atoms. The van der Waals surface area contributed by atoms with Gasteiger partial charge in [-0.3, -0.25) is 5.32 Å². The van der Waals surface area contributed by atoms with Crippen molar-refractivity contribution in [1.82, 2.24) is 5.32 Å². The molecule has 0 heterocycles. The molecular weight excluding hydrogens is 126 g/mol. The van der Waals surface area contributed by atoms with Crippen LogP contribution >= 0.6 is 0 Å². The molecule has 1 N–H and O–H groups in total. The molecule has 0 radical (unpaired) electrons. The fraction of sp³-hybridized carbons (Fsp3) is 1.00. The Kier molecular flexibility index (Phi) is 5.64. The topological polar surface area (TPSA) is 21.3 Å². The standard InChI is InChI=1S/C8H19NO/c1-7(2)5-10-6-9-8(3)4/h7-9H,5-6H2,1-4H3. The van der Waals surface area contributed by atoms with Crippen molar-refractivity contribution in [2.75, 3.05) is 13.3 Å². The number of hydrogen-bond acceptors (Lipinski definition) is 2. The number of nitrogens with one attached hydrogen (secondary N) is 1. The quantitative estimate of drug-likeness (QED) is 0.469. The smallest absolute Gasteiger partial charge is 0.0967 e. The molecule has 0 spiro atoms. The zero-order chi connectivity index (χ0) is 7.98. The third-order valence-corrected chi connectivity index (χ3v) is 1.04. The van der Waals surface area contributed by atoms with Crippen molar-refractivity contribution in [1.29, 1.82) is 0 Å². The molecule has 62 valence electrons. The first-order chi connectivity index (χ1) is 4.63. The van der Waals surface area contributed by atoms with E-state index in [0.717, 1.165) is 6.61 Å². The summed E-state index contributed by atoms with van der Waals surface area (Å²) in [6, 6.07) is 0.521. The summed E-state index contributed by atoms with van der Waals surface area (Å²) in [4.78, 5) is 0. The van der Waals surface area contributed by atoms with Crippen LogP contribution in [0.1, 0.15) is 27.7 Å². The molecule has 0 aliphatic carbocycles. The van der Waals surface area contributed by atoms with Crippen molar-refractivity contribution in [3.63, 3.8) is 0 Å². The second-order valence-corrected chi connectivity index (χ2v) is 3.27. The molecule has 0 saturated heterocycles. The van der Waals surface area contributed by atoms with Crippen molar-refractivity contribution < 1.29 is 4.74 Å². The highest BCUT2D eigenvalue weighted by molar-refractivity contribution is 4.46. The summed E-state index contributed by atoms with van der Waals surface area (Å²) in [5, 5.41) is 3.18. The number of ether oxygens (including phenoxy) is 1. The van der Waals surface area contributed by atoms with Gasteiger partial charge in [-0.25, -0.2) is 0 Å². The Morgan fingerprint density at radius 1 is 1.20 bits per heavy atom. The Morgan fingerprint density at radius 2 is 1.80 bits per heavy atom. The zero-order valence-corrected chi connectivity index (χ0v) is 7.48. The van der Waals surface area contributed by atoms with Gasteiger partial charge in [0.25, 0.3) is 0 Å². The molecular formula is C8H19NO. The van der Waals surface area contributed by atoms with Crippen LogP contribution < -0.4 is 5.32 Å². The van der Waals surface area contributed by atoms with E-state index in [2.05, 4.69) is 33.0 Å². The molecule has 0 saturated carbocycles. The van der Waals surface area contributed by atoms with Gasteiger partial charge in [-0.2, -0.15) is 0 Å². The summed E-state index contributed by atoms with van der Waals surface area (Å²) in [6.07, 6.45) is 0. The highest BCUT2D eigenvalue weighted by atomic mass is 16.5. The summed E-state index contributed by atoms with van der Waals surface area (Å²) < 4.78 is 5.29. The lowest BCUT2D eigenvalue weighted by molar-refractivity contribution is 0.0897. The minimum Gasteiger partial charge on any atom is -0.366 e. The van der Waals surface area contributed by atoms with Crippen LogP contribution in [0.3, 0.4) is 0 Å². The molecule has 0 aromatic rings. The first kappa shape index (κ1) is 9.92. The minimum atomic E-state index is 0.521. The van der Waals surface area contributed by atoms with Gasteiger partial charge in [-0.1, -0.05) is 13.8 Å². The molecule has 2 heteroatoms. The fourth-order valence-electron chi connectivity index (χ4n) is 0.520. The lowest BCUT2D eigenvalue weighted by atomic mass is 10.2. The van der Waals surface area contributed by atoms with Crippen molar-refractivity contribution >= 4 is 0 Å². The van der Waals surface area contributed by atoms with Crippen LogP contribution in [0.15, 0.2) is 0 Å². The summed E-state index contributed by atoms with van der Waals surface area (Å²) in [7, 11) is 0. The zero-order valence-electron chi connectivity index (χ0n) is 7.48. The van der Waals surface area contributed by atoms with Crippen molar-refractivity contribution in [2.45, 2.75) is 33.7 Å². The monoisotopic (exact) mass is 145 g/mol. The molecule has 0 amide bonds. The maximum atomic E-state index is 5.29. The Labute approximate surface area is 64.0 Å². The summed E-state index contributed by atoms with van der Waals surface area (Å²) in [5.74, 6) is 0.633. The van der Waals surface area contributed by atoms with Crippen LogP contribution in [0, 0.1) is 5.92 Å². The fourth-order valence-corrected chi connectivity index (χ4v) is 0.520. The van der Waals surface area contributed by atoms with Gasteiger partial charge in [0.2, 0.25) is 0 Å². The molecule has 0 aliphatic rings. The largest absolute Gasteiger partial charge is 0.366 e. The van der Waals surface area contributed by atoms with E-state index in [0.29, 0.717) is 18.7 Å². The second-order valence-electron chi connectivity index (χ2n) is 3.27. The van der Waals surface area contributed by atoms with Gasteiger partial charge in [0.15, 0.2) is 0 Å². The predicted octanol–water partition coefficient (Wildman–Crippen LogP) is 1.61. The molecule has 0 unspecified atom stereocenters. The second kappa shape index (κ2) is 5.69. The third-order valence-electron chi connectivity index (χ3n) is 1.04. The first-order valence-corrected chi connectivity index (χ1v) is 3.94. The molecule has 0 rings (SSSR count). The van der Waals surface area contributed by atoms with Gasteiger partial charge in [-0.05, 0) is 19.8 Å². The van der Waals surface area contributed by atoms with Crippen molar-refractivity contribution in [3.05, 3.63) is 0 Å². The Balaban J connectivity index is 2.91. The summed E-state index contributed by atoms with van der Waals surface area (Å²) in [6.45, 7) is 10.0. The van der Waals surface area contributed by atoms with Crippen LogP contribution in [-0.2, 0) is 4.74 Å². The molecule has 0 aromatic carbocycles. The maximum Gasteiger partial charge on any atom is 0.0967 e. The normalized spacial score (nSPS) is 11.4. The van der Waals surface area contributed by atoms with E-state index in [1.54, 1.807) is 0 Å². The van der Waals surface area contributed by atoms with E-state index in [9.17, 15) is 0 Å². The molecule has 0 aliphatic heterocycles. The maximum absolute atomic E-state index is 5.29. The average molecular weight is 145 g/mol. The first-order valence-electron chi connectivity index (χ1n) is 3.94. The van der Waals surface area contributed by atoms with Crippen molar-refractivity contribution in [2.24, 2.45) is 5.92 Å². The lowest BCUT2D eigenvalue weighted by Gasteiger charge is -2.09. The van der Waals surface area contributed by atoms with Crippen LogP contribution in [0.4, 0.5) is 0 Å². The lowest BCUT2D eigenvalue weighted by Crippen LogP contribution is -2.26. The molecule has 0 aromatic heterocycles. The van der Waals surface area contributed by atoms with Crippen LogP contribution in [0.25, 0.3) is 0 Å². The van der Waals surface area contributed by atoms with E-state index in [-0.39, 0.29) is 0 Å². The number of hydrogen-bond donors (Lipinski definition) is 1. The van der Waals surface area contributed by atoms with Gasteiger partial charge in [0.1, 0.15) is 0 Å². The van der Waals surface area contributed by atoms with Gasteiger partial charge in [0.05, 0.1) is 13.3 Å². The summed E-state index contributed by atoms with van der Waals surface area (Å²) in [5.41, 5.74) is 0. The molecule has 0 bridgehead atoms. The molecule has 0 atom stereocenters. The van der Waals surface area contributed by atoms with Gasteiger partial charge < -0.3 is 4.74 Å². The van der Waals surface area contributed by atoms with E-state index in [1.165, 1.54) is 0 Å². The number of rotatable bonds is 5. The van der Waals surface area contributed by atoms with Gasteiger partial charge in [0, 0.05) is 6.04 Å². The van der Waals surface area contributed by atoms with E-state index < -0.39 is 0 Å².